The maximum Gasteiger partial charge on any atom is 0.317 e. The van der Waals surface area contributed by atoms with Crippen molar-refractivity contribution < 1.29 is 4.79 Å². The van der Waals surface area contributed by atoms with Crippen molar-refractivity contribution >= 4 is 6.03 Å². The molecular formula is C8H18N2O. The molecule has 0 saturated carbocycles. The van der Waals surface area contributed by atoms with Gasteiger partial charge in [0.2, 0.25) is 0 Å². The van der Waals surface area contributed by atoms with Gasteiger partial charge in [0, 0.05) is 19.1 Å². The van der Waals surface area contributed by atoms with Gasteiger partial charge in [0.25, 0.3) is 0 Å². The summed E-state index contributed by atoms with van der Waals surface area (Å²) in [6.45, 7) is 9.39. The van der Waals surface area contributed by atoms with Crippen LogP contribution in [0.15, 0.2) is 0 Å². The molecule has 0 aliphatic carbocycles. The van der Waals surface area contributed by atoms with Crippen LogP contribution >= 0.6 is 0 Å². The molecule has 3 nitrogen and oxygen atoms in total. The van der Waals surface area contributed by atoms with Gasteiger partial charge in [-0.05, 0) is 27.7 Å². The van der Waals surface area contributed by atoms with Crippen LogP contribution in [0.1, 0.15) is 27.7 Å². The zero-order valence-electron chi connectivity index (χ0n) is 7.85. The third-order valence-electron chi connectivity index (χ3n) is 1.55. The van der Waals surface area contributed by atoms with E-state index in [0.29, 0.717) is 6.54 Å². The predicted octanol–water partition coefficient (Wildman–Crippen LogP) is 1.45. The smallest absolute Gasteiger partial charge is 0.317 e. The Bertz CT molecular complexity index is 123. The lowest BCUT2D eigenvalue weighted by molar-refractivity contribution is 0.187. The van der Waals surface area contributed by atoms with Gasteiger partial charge in [0.15, 0.2) is 0 Å². The van der Waals surface area contributed by atoms with Gasteiger partial charge in [-0.25, -0.2) is 4.79 Å². The summed E-state index contributed by atoms with van der Waals surface area (Å²) in [5.41, 5.74) is 0. The molecule has 0 aromatic rings. The largest absolute Gasteiger partial charge is 0.338 e. The molecule has 0 saturated heterocycles. The predicted molar refractivity (Wildman–Crippen MR) is 46.6 cm³/mol. The van der Waals surface area contributed by atoms with Crippen molar-refractivity contribution in [3.8, 4) is 0 Å². The summed E-state index contributed by atoms with van der Waals surface area (Å²) in [6, 6.07) is 0.316. The van der Waals surface area contributed by atoms with E-state index in [9.17, 15) is 4.79 Å². The van der Waals surface area contributed by atoms with E-state index in [-0.39, 0.29) is 12.1 Å². The third-order valence-corrected chi connectivity index (χ3v) is 1.55. The summed E-state index contributed by atoms with van der Waals surface area (Å²) in [5.74, 6) is 0. The van der Waals surface area contributed by atoms with Crippen LogP contribution in [-0.2, 0) is 0 Å². The zero-order valence-corrected chi connectivity index (χ0v) is 7.85. The van der Waals surface area contributed by atoms with Crippen LogP contribution in [0, 0.1) is 0 Å². The Kier molecular flexibility index (Phi) is 4.66. The van der Waals surface area contributed by atoms with Crippen molar-refractivity contribution in [2.45, 2.75) is 33.7 Å². The van der Waals surface area contributed by atoms with Gasteiger partial charge in [0.05, 0.1) is 0 Å². The molecule has 2 amide bonds. The normalized spacial score (nSPS) is 9.91. The number of hydrogen-bond donors (Lipinski definition) is 1. The molecule has 66 valence electrons. The highest BCUT2D eigenvalue weighted by molar-refractivity contribution is 5.74. The molecule has 3 heteroatoms. The second-order valence-corrected chi connectivity index (χ2v) is 2.72. The monoisotopic (exact) mass is 158 g/mol. The standard InChI is InChI=1S/C8H18N2O/c1-5-9-8(11)10(6-2)7(3)4/h7H,5-6H2,1-4H3,(H,9,11). The lowest BCUT2D eigenvalue weighted by Gasteiger charge is -2.24. The van der Waals surface area contributed by atoms with Crippen molar-refractivity contribution in [3.63, 3.8) is 0 Å². The number of nitrogens with zero attached hydrogens (tertiary/aromatic N) is 1. The first kappa shape index (κ1) is 10.3. The number of amides is 2. The maximum atomic E-state index is 11.2. The highest BCUT2D eigenvalue weighted by Crippen LogP contribution is 1.96. The van der Waals surface area contributed by atoms with Gasteiger partial charge in [-0.3, -0.25) is 0 Å². The van der Waals surface area contributed by atoms with E-state index in [1.165, 1.54) is 0 Å². The minimum Gasteiger partial charge on any atom is -0.338 e. The van der Waals surface area contributed by atoms with Gasteiger partial charge in [0.1, 0.15) is 0 Å². The van der Waals surface area contributed by atoms with Gasteiger partial charge in [-0.2, -0.15) is 0 Å². The quantitative estimate of drug-likeness (QED) is 0.662. The average molecular weight is 158 g/mol. The second-order valence-electron chi connectivity index (χ2n) is 2.72. The Morgan fingerprint density at radius 2 is 2.00 bits per heavy atom. The number of carbonyl (C=O) groups excluding carboxylic acids is 1. The van der Waals surface area contributed by atoms with Crippen LogP contribution in [0.3, 0.4) is 0 Å². The van der Waals surface area contributed by atoms with Crippen LogP contribution in [0.5, 0.6) is 0 Å². The number of carbonyl (C=O) groups is 1. The van der Waals surface area contributed by atoms with E-state index in [2.05, 4.69) is 5.32 Å². The molecule has 0 aliphatic heterocycles. The number of nitrogens with one attached hydrogen (secondary N) is 1. The molecule has 0 aromatic carbocycles. The van der Waals surface area contributed by atoms with Crippen LogP contribution in [-0.4, -0.2) is 30.1 Å². The van der Waals surface area contributed by atoms with Gasteiger partial charge in [-0.15, -0.1) is 0 Å². The van der Waals surface area contributed by atoms with Crippen molar-refractivity contribution in [2.75, 3.05) is 13.1 Å². The molecular weight excluding hydrogens is 140 g/mol. The Hall–Kier alpha value is -0.730. The molecule has 0 fully saturated rings. The summed E-state index contributed by atoms with van der Waals surface area (Å²) in [6.07, 6.45) is 0. The first-order valence-corrected chi connectivity index (χ1v) is 4.17. The molecule has 1 N–H and O–H groups in total. The number of urea groups is 1. The van der Waals surface area contributed by atoms with E-state index >= 15 is 0 Å². The average Bonchev–Trinajstić information content (AvgIpc) is 1.88. The van der Waals surface area contributed by atoms with E-state index in [1.54, 1.807) is 4.90 Å². The van der Waals surface area contributed by atoms with Crippen molar-refractivity contribution in [1.82, 2.24) is 10.2 Å². The second kappa shape index (κ2) is 4.99. The van der Waals surface area contributed by atoms with E-state index < -0.39 is 0 Å². The Labute approximate surface area is 68.8 Å². The van der Waals surface area contributed by atoms with Crippen molar-refractivity contribution in [2.24, 2.45) is 0 Å². The molecule has 0 rings (SSSR count). The van der Waals surface area contributed by atoms with E-state index in [1.807, 2.05) is 27.7 Å². The summed E-state index contributed by atoms with van der Waals surface area (Å²) >= 11 is 0. The van der Waals surface area contributed by atoms with Crippen molar-refractivity contribution in [1.29, 1.82) is 0 Å². The summed E-state index contributed by atoms with van der Waals surface area (Å²) in [4.78, 5) is 13.0. The third kappa shape index (κ3) is 3.25. The summed E-state index contributed by atoms with van der Waals surface area (Å²) in [7, 11) is 0. The molecule has 0 aromatic heterocycles. The molecule has 11 heavy (non-hydrogen) atoms. The topological polar surface area (TPSA) is 32.3 Å². The van der Waals surface area contributed by atoms with E-state index in [0.717, 1.165) is 6.54 Å². The highest BCUT2D eigenvalue weighted by atomic mass is 16.2. The van der Waals surface area contributed by atoms with Crippen LogP contribution in [0.4, 0.5) is 4.79 Å². The van der Waals surface area contributed by atoms with E-state index in [4.69, 9.17) is 0 Å². The molecule has 0 heterocycles. The highest BCUT2D eigenvalue weighted by Gasteiger charge is 2.12. The SMILES string of the molecule is CCNC(=O)N(CC)C(C)C. The maximum absolute atomic E-state index is 11.2. The molecule has 0 radical (unpaired) electrons. The lowest BCUT2D eigenvalue weighted by atomic mass is 10.3. The summed E-state index contributed by atoms with van der Waals surface area (Å²) < 4.78 is 0. The summed E-state index contributed by atoms with van der Waals surface area (Å²) in [5, 5.41) is 2.76. The lowest BCUT2D eigenvalue weighted by Crippen LogP contribution is -2.43. The molecule has 0 spiro atoms. The van der Waals surface area contributed by atoms with Gasteiger partial charge >= 0.3 is 6.03 Å². The van der Waals surface area contributed by atoms with Crippen LogP contribution < -0.4 is 5.32 Å². The fraction of sp³-hybridized carbons (Fsp3) is 0.875. The zero-order chi connectivity index (χ0) is 8.85. The van der Waals surface area contributed by atoms with Gasteiger partial charge in [-0.1, -0.05) is 0 Å². The fourth-order valence-corrected chi connectivity index (χ4v) is 0.996. The Morgan fingerprint density at radius 1 is 1.45 bits per heavy atom. The Balaban J connectivity index is 3.92. The number of hydrogen-bond acceptors (Lipinski definition) is 1. The molecule has 0 atom stereocenters. The van der Waals surface area contributed by atoms with Crippen LogP contribution in [0.25, 0.3) is 0 Å². The number of rotatable bonds is 3. The first-order chi connectivity index (χ1) is 5.13. The first-order valence-electron chi connectivity index (χ1n) is 4.17. The van der Waals surface area contributed by atoms with Gasteiger partial charge < -0.3 is 10.2 Å². The van der Waals surface area contributed by atoms with Crippen molar-refractivity contribution in [3.05, 3.63) is 0 Å². The molecule has 0 bridgehead atoms. The Morgan fingerprint density at radius 3 is 2.27 bits per heavy atom. The van der Waals surface area contributed by atoms with Crippen LogP contribution in [0.2, 0.25) is 0 Å². The molecule has 0 aliphatic rings. The minimum absolute atomic E-state index is 0.0324. The molecule has 0 unspecified atom stereocenters. The minimum atomic E-state index is 0.0324. The fourth-order valence-electron chi connectivity index (χ4n) is 0.996.